The number of halogens is 1. The van der Waals surface area contributed by atoms with Crippen molar-refractivity contribution in [3.05, 3.63) is 11.3 Å². The first-order valence-corrected chi connectivity index (χ1v) is 3.36. The number of ether oxygens (including phenoxy) is 1. The van der Waals surface area contributed by atoms with E-state index in [1.54, 1.807) is 7.05 Å². The normalized spacial score (nSPS) is 9.90. The minimum Gasteiger partial charge on any atom is -0.488 e. The Morgan fingerprint density at radius 3 is 2.90 bits per heavy atom. The molecule has 3 nitrogen and oxygen atoms in total. The second-order valence-electron chi connectivity index (χ2n) is 1.79. The quantitative estimate of drug-likeness (QED) is 0.650. The van der Waals surface area contributed by atoms with Gasteiger partial charge in [-0.2, -0.15) is 5.10 Å². The summed E-state index contributed by atoms with van der Waals surface area (Å²) in [5.74, 6) is 0.520. The smallest absolute Gasteiger partial charge is 0.186 e. The molecule has 10 heavy (non-hydrogen) atoms. The fraction of sp³-hybridized carbons (Fsp3) is 0.500. The maximum Gasteiger partial charge on any atom is 0.186 e. The van der Waals surface area contributed by atoms with Gasteiger partial charge < -0.3 is 4.74 Å². The van der Waals surface area contributed by atoms with Crippen molar-refractivity contribution in [2.75, 3.05) is 6.61 Å². The first-order valence-electron chi connectivity index (χ1n) is 2.98. The van der Waals surface area contributed by atoms with E-state index < -0.39 is 0 Å². The van der Waals surface area contributed by atoms with E-state index in [-0.39, 0.29) is 0 Å². The molecule has 0 aliphatic heterocycles. The van der Waals surface area contributed by atoms with E-state index in [4.69, 9.17) is 16.3 Å². The molecule has 1 aromatic heterocycles. The lowest BCUT2D eigenvalue weighted by Gasteiger charge is -1.97. The fourth-order valence-corrected chi connectivity index (χ4v) is 0.728. The van der Waals surface area contributed by atoms with E-state index in [2.05, 4.69) is 11.3 Å². The Labute approximate surface area is 64.6 Å². The van der Waals surface area contributed by atoms with Crippen molar-refractivity contribution in [3.8, 4) is 5.75 Å². The van der Waals surface area contributed by atoms with Crippen molar-refractivity contribution in [2.24, 2.45) is 7.05 Å². The molecule has 0 N–H and O–H groups in total. The summed E-state index contributed by atoms with van der Waals surface area (Å²) in [6, 6.07) is 0. The van der Waals surface area contributed by atoms with Crippen molar-refractivity contribution in [1.29, 1.82) is 0 Å². The van der Waals surface area contributed by atoms with E-state index >= 15 is 0 Å². The van der Waals surface area contributed by atoms with Gasteiger partial charge in [-0.3, -0.25) is 4.68 Å². The topological polar surface area (TPSA) is 27.1 Å². The van der Waals surface area contributed by atoms with E-state index in [9.17, 15) is 0 Å². The van der Waals surface area contributed by atoms with Crippen LogP contribution in [0.3, 0.4) is 0 Å². The van der Waals surface area contributed by atoms with Gasteiger partial charge in [0.1, 0.15) is 0 Å². The molecule has 0 saturated heterocycles. The van der Waals surface area contributed by atoms with Crippen molar-refractivity contribution >= 4 is 11.6 Å². The van der Waals surface area contributed by atoms with Crippen LogP contribution in [0, 0.1) is 6.20 Å². The van der Waals surface area contributed by atoms with Gasteiger partial charge in [-0.1, -0.05) is 11.6 Å². The van der Waals surface area contributed by atoms with E-state index in [1.165, 1.54) is 4.68 Å². The van der Waals surface area contributed by atoms with Crippen LogP contribution in [0.4, 0.5) is 0 Å². The maximum atomic E-state index is 5.73. The molecule has 4 heteroatoms. The summed E-state index contributed by atoms with van der Waals surface area (Å²) in [6.07, 6.45) is 2.63. The highest BCUT2D eigenvalue weighted by molar-refractivity contribution is 6.30. The number of hydrogen-bond donors (Lipinski definition) is 0. The molecule has 0 saturated carbocycles. The standard InChI is InChI=1S/C6H8ClN2O/c1-3-10-5-4-8-9(2)6(5)7/h3H2,1-2H3. The number of aromatic nitrogens is 2. The van der Waals surface area contributed by atoms with Crippen molar-refractivity contribution in [1.82, 2.24) is 9.78 Å². The Hall–Kier alpha value is -0.700. The van der Waals surface area contributed by atoms with Crippen LogP contribution < -0.4 is 4.74 Å². The molecule has 55 valence electrons. The Balaban J connectivity index is 2.83. The Morgan fingerprint density at radius 2 is 2.50 bits per heavy atom. The maximum absolute atomic E-state index is 5.73. The van der Waals surface area contributed by atoms with E-state index in [0.29, 0.717) is 17.5 Å². The fourth-order valence-electron chi connectivity index (χ4n) is 0.594. The zero-order valence-corrected chi connectivity index (χ0v) is 6.64. The third-order valence-electron chi connectivity index (χ3n) is 1.06. The van der Waals surface area contributed by atoms with Gasteiger partial charge in [0.25, 0.3) is 0 Å². The largest absolute Gasteiger partial charge is 0.488 e. The average molecular weight is 160 g/mol. The molecule has 0 unspecified atom stereocenters. The Kier molecular flexibility index (Phi) is 2.17. The predicted octanol–water partition coefficient (Wildman–Crippen LogP) is 1.27. The molecular weight excluding hydrogens is 152 g/mol. The molecule has 1 radical (unpaired) electrons. The van der Waals surface area contributed by atoms with Crippen LogP contribution >= 0.6 is 11.6 Å². The molecule has 0 spiro atoms. The molecule has 1 rings (SSSR count). The average Bonchev–Trinajstić information content (AvgIpc) is 2.20. The molecule has 0 fully saturated rings. The highest BCUT2D eigenvalue weighted by atomic mass is 35.5. The predicted molar refractivity (Wildman–Crippen MR) is 38.2 cm³/mol. The molecule has 0 atom stereocenters. The summed E-state index contributed by atoms with van der Waals surface area (Å²) in [6.45, 7) is 2.47. The highest BCUT2D eigenvalue weighted by Crippen LogP contribution is 2.21. The number of rotatable bonds is 2. The summed E-state index contributed by atoms with van der Waals surface area (Å²) in [4.78, 5) is 0. The Morgan fingerprint density at radius 1 is 1.80 bits per heavy atom. The molecule has 1 heterocycles. The molecule has 0 bridgehead atoms. The summed E-state index contributed by atoms with van der Waals surface area (Å²) < 4.78 is 6.59. The second-order valence-corrected chi connectivity index (χ2v) is 2.15. The third-order valence-corrected chi connectivity index (χ3v) is 1.48. The van der Waals surface area contributed by atoms with Crippen molar-refractivity contribution in [3.63, 3.8) is 0 Å². The lowest BCUT2D eigenvalue weighted by atomic mass is 10.6. The van der Waals surface area contributed by atoms with Crippen LogP contribution in [-0.2, 0) is 7.05 Å². The van der Waals surface area contributed by atoms with Gasteiger partial charge in [0, 0.05) is 7.05 Å². The number of nitrogens with zero attached hydrogens (tertiary/aromatic N) is 2. The van der Waals surface area contributed by atoms with Crippen molar-refractivity contribution in [2.45, 2.75) is 6.92 Å². The van der Waals surface area contributed by atoms with E-state index in [0.717, 1.165) is 0 Å². The molecule has 0 aromatic carbocycles. The lowest BCUT2D eigenvalue weighted by Crippen LogP contribution is -1.92. The van der Waals surface area contributed by atoms with Crippen LogP contribution in [0.15, 0.2) is 0 Å². The third kappa shape index (κ3) is 1.24. The van der Waals surface area contributed by atoms with Crippen LogP contribution in [-0.4, -0.2) is 16.4 Å². The molecule has 0 aliphatic carbocycles. The molecule has 0 amide bonds. The molecule has 0 aliphatic rings. The van der Waals surface area contributed by atoms with Crippen molar-refractivity contribution < 1.29 is 4.74 Å². The number of hydrogen-bond acceptors (Lipinski definition) is 2. The van der Waals surface area contributed by atoms with Gasteiger partial charge in [-0.25, -0.2) is 0 Å². The van der Waals surface area contributed by atoms with Gasteiger partial charge in [-0.15, -0.1) is 0 Å². The highest BCUT2D eigenvalue weighted by Gasteiger charge is 2.05. The second kappa shape index (κ2) is 2.92. The zero-order valence-electron chi connectivity index (χ0n) is 5.89. The Bertz CT molecular complexity index is 222. The molecular formula is C6H8ClN2O. The SMILES string of the molecule is CCOc1[c]nn(C)c1Cl. The minimum absolute atomic E-state index is 0.488. The van der Waals surface area contributed by atoms with Gasteiger partial charge >= 0.3 is 0 Å². The minimum atomic E-state index is 0.488. The summed E-state index contributed by atoms with van der Waals surface area (Å²) >= 11 is 5.73. The first kappa shape index (κ1) is 7.41. The van der Waals surface area contributed by atoms with E-state index in [1.807, 2.05) is 6.92 Å². The van der Waals surface area contributed by atoms with Gasteiger partial charge in [0.2, 0.25) is 0 Å². The van der Waals surface area contributed by atoms with Crippen LogP contribution in [0.2, 0.25) is 5.15 Å². The lowest BCUT2D eigenvalue weighted by molar-refractivity contribution is 0.339. The molecule has 1 aromatic rings. The van der Waals surface area contributed by atoms with Crippen LogP contribution in [0.1, 0.15) is 6.92 Å². The van der Waals surface area contributed by atoms with Crippen LogP contribution in [0.5, 0.6) is 5.75 Å². The number of aryl methyl sites for hydroxylation is 1. The monoisotopic (exact) mass is 159 g/mol. The van der Waals surface area contributed by atoms with Gasteiger partial charge in [-0.05, 0) is 6.92 Å². The van der Waals surface area contributed by atoms with Gasteiger partial charge in [0.05, 0.1) is 6.61 Å². The van der Waals surface area contributed by atoms with Gasteiger partial charge in [0.15, 0.2) is 17.1 Å². The first-order chi connectivity index (χ1) is 4.75. The zero-order chi connectivity index (χ0) is 7.56. The summed E-state index contributed by atoms with van der Waals surface area (Å²) in [5.41, 5.74) is 0. The van der Waals surface area contributed by atoms with Crippen LogP contribution in [0.25, 0.3) is 0 Å². The summed E-state index contributed by atoms with van der Waals surface area (Å²) in [5, 5.41) is 4.26. The summed E-state index contributed by atoms with van der Waals surface area (Å²) in [7, 11) is 1.74.